The van der Waals surface area contributed by atoms with Gasteiger partial charge < -0.3 is 25.1 Å². The number of phenolic OH excluding ortho intramolecular Hbond substituents is 2. The Labute approximate surface area is 123 Å². The maximum Gasteiger partial charge on any atom is 2.00 e. The molecule has 2 aromatic rings. The van der Waals surface area contributed by atoms with E-state index in [0.717, 1.165) is 0 Å². The summed E-state index contributed by atoms with van der Waals surface area (Å²) in [6.07, 6.45) is 0. The van der Waals surface area contributed by atoms with E-state index in [1.807, 2.05) is 12.1 Å². The van der Waals surface area contributed by atoms with Crippen LogP contribution >= 0.6 is 0 Å². The van der Waals surface area contributed by atoms with Crippen molar-refractivity contribution >= 4 is 0 Å². The molecule has 17 heavy (non-hydrogen) atoms. The molecule has 3 heteroatoms. The number of aromatic hydroxyl groups is 2. The number of hydrogen-bond acceptors (Lipinski definition) is 2. The van der Waals surface area contributed by atoms with Crippen molar-refractivity contribution in [2.45, 2.75) is 0 Å². The zero-order valence-electron chi connectivity index (χ0n) is 10.2. The Kier molecular flexibility index (Phi) is 16.2. The molecule has 2 nitrogen and oxygen atoms in total. The summed E-state index contributed by atoms with van der Waals surface area (Å²) in [7, 11) is 0. The van der Waals surface area contributed by atoms with Crippen molar-refractivity contribution in [3.63, 3.8) is 0 Å². The van der Waals surface area contributed by atoms with Crippen LogP contribution in [-0.4, -0.2) is 10.2 Å². The molecule has 0 fully saturated rings. The van der Waals surface area contributed by atoms with Crippen LogP contribution in [-0.2, 0) is 26.2 Å². The molecule has 0 saturated heterocycles. The Hall–Kier alpha value is -1.08. The van der Waals surface area contributed by atoms with Gasteiger partial charge in [-0.1, -0.05) is 36.4 Å². The number of benzene rings is 2. The standard InChI is InChI=1S/2C6H6O.2CH3.Zr/c2*7-6-4-2-1-3-5-6;;;/h2*1-5,7H;2*1H3;/q;;2*-1;+2. The van der Waals surface area contributed by atoms with Crippen LogP contribution in [0.4, 0.5) is 0 Å². The molecule has 0 aliphatic heterocycles. The van der Waals surface area contributed by atoms with E-state index in [4.69, 9.17) is 10.2 Å². The number of rotatable bonds is 0. The molecule has 0 aliphatic rings. The number of para-hydroxylation sites is 2. The minimum absolute atomic E-state index is 0. The predicted octanol–water partition coefficient (Wildman–Crippen LogP) is 3.68. The zero-order chi connectivity index (χ0) is 10.2. The van der Waals surface area contributed by atoms with E-state index in [9.17, 15) is 0 Å². The van der Waals surface area contributed by atoms with E-state index in [2.05, 4.69) is 0 Å². The van der Waals surface area contributed by atoms with Crippen molar-refractivity contribution in [3.8, 4) is 11.5 Å². The van der Waals surface area contributed by atoms with E-state index in [1.54, 1.807) is 48.5 Å². The van der Waals surface area contributed by atoms with Crippen LogP contribution in [0.25, 0.3) is 0 Å². The molecule has 0 unspecified atom stereocenters. The molecule has 0 saturated carbocycles. The van der Waals surface area contributed by atoms with Crippen LogP contribution in [0.1, 0.15) is 0 Å². The summed E-state index contributed by atoms with van der Waals surface area (Å²) in [4.78, 5) is 0. The first kappa shape index (κ1) is 21.2. The zero-order valence-corrected chi connectivity index (χ0v) is 12.6. The minimum Gasteiger partial charge on any atom is -0.508 e. The number of hydrogen-bond donors (Lipinski definition) is 2. The van der Waals surface area contributed by atoms with Crippen molar-refractivity contribution < 1.29 is 36.4 Å². The molecule has 90 valence electrons. The second-order valence-corrected chi connectivity index (χ2v) is 2.67. The minimum atomic E-state index is 0. The fraction of sp³-hybridized carbons (Fsp3) is 0. The van der Waals surface area contributed by atoms with Crippen molar-refractivity contribution in [3.05, 3.63) is 75.5 Å². The molecule has 2 N–H and O–H groups in total. The Morgan fingerprint density at radius 3 is 0.882 bits per heavy atom. The molecular formula is C14H18O2Zr. The smallest absolute Gasteiger partial charge is 0.508 e. The van der Waals surface area contributed by atoms with Crippen molar-refractivity contribution in [1.82, 2.24) is 0 Å². The quantitative estimate of drug-likeness (QED) is 0.729. The molecule has 0 aliphatic carbocycles. The fourth-order valence-electron chi connectivity index (χ4n) is 0.856. The van der Waals surface area contributed by atoms with Gasteiger partial charge in [-0.15, -0.1) is 0 Å². The summed E-state index contributed by atoms with van der Waals surface area (Å²) in [5.74, 6) is 0.644. The van der Waals surface area contributed by atoms with Crippen LogP contribution in [0.5, 0.6) is 11.5 Å². The largest absolute Gasteiger partial charge is 2.00 e. The second kappa shape index (κ2) is 13.0. The van der Waals surface area contributed by atoms with Gasteiger partial charge in [-0.2, -0.15) is 0 Å². The van der Waals surface area contributed by atoms with Crippen molar-refractivity contribution in [1.29, 1.82) is 0 Å². The monoisotopic (exact) mass is 308 g/mol. The number of phenols is 2. The first-order chi connectivity index (χ1) is 6.79. The van der Waals surface area contributed by atoms with E-state index >= 15 is 0 Å². The van der Waals surface area contributed by atoms with Gasteiger partial charge in [0.2, 0.25) is 0 Å². The van der Waals surface area contributed by atoms with E-state index < -0.39 is 0 Å². The predicted molar refractivity (Wildman–Crippen MR) is 69.0 cm³/mol. The van der Waals surface area contributed by atoms with Gasteiger partial charge in [0.15, 0.2) is 0 Å². The van der Waals surface area contributed by atoms with Gasteiger partial charge in [-0.05, 0) is 24.3 Å². The second-order valence-electron chi connectivity index (χ2n) is 2.67. The van der Waals surface area contributed by atoms with Gasteiger partial charge in [0, 0.05) is 0 Å². The molecule has 0 aromatic heterocycles. The van der Waals surface area contributed by atoms with Crippen LogP contribution in [0.2, 0.25) is 0 Å². The Balaban J connectivity index is -0.000000196. The Morgan fingerprint density at radius 2 is 0.765 bits per heavy atom. The van der Waals surface area contributed by atoms with Gasteiger partial charge in [0.05, 0.1) is 0 Å². The molecule has 2 rings (SSSR count). The van der Waals surface area contributed by atoms with E-state index in [0.29, 0.717) is 11.5 Å². The van der Waals surface area contributed by atoms with Crippen LogP contribution in [0.3, 0.4) is 0 Å². The van der Waals surface area contributed by atoms with Crippen LogP contribution in [0.15, 0.2) is 60.7 Å². The fourth-order valence-corrected chi connectivity index (χ4v) is 0.856. The molecule has 2 aromatic carbocycles. The summed E-state index contributed by atoms with van der Waals surface area (Å²) in [6.45, 7) is 0. The molecule has 0 radical (unpaired) electrons. The summed E-state index contributed by atoms with van der Waals surface area (Å²) in [5.41, 5.74) is 0. The van der Waals surface area contributed by atoms with Crippen molar-refractivity contribution in [2.24, 2.45) is 0 Å². The molecule has 0 amide bonds. The van der Waals surface area contributed by atoms with E-state index in [-0.39, 0.29) is 41.1 Å². The summed E-state index contributed by atoms with van der Waals surface area (Å²) in [5, 5.41) is 17.3. The van der Waals surface area contributed by atoms with Gasteiger partial charge >= 0.3 is 26.2 Å². The summed E-state index contributed by atoms with van der Waals surface area (Å²) in [6, 6.07) is 17.4. The topological polar surface area (TPSA) is 40.5 Å². The SMILES string of the molecule is Oc1ccccc1.Oc1ccccc1.[CH3-].[CH3-].[Zr+2]. The van der Waals surface area contributed by atoms with Gasteiger partial charge in [-0.25, -0.2) is 0 Å². The molecule has 0 atom stereocenters. The third kappa shape index (κ3) is 11.2. The normalized spacial score (nSPS) is 7.06. The van der Waals surface area contributed by atoms with E-state index in [1.165, 1.54) is 0 Å². The maximum atomic E-state index is 8.63. The summed E-state index contributed by atoms with van der Waals surface area (Å²) >= 11 is 0. The van der Waals surface area contributed by atoms with Crippen LogP contribution < -0.4 is 0 Å². The first-order valence-electron chi connectivity index (χ1n) is 4.27. The van der Waals surface area contributed by atoms with Gasteiger partial charge in [-0.3, -0.25) is 0 Å². The third-order valence-corrected chi connectivity index (χ3v) is 1.51. The molecule has 0 bridgehead atoms. The molecular weight excluding hydrogens is 291 g/mol. The molecule has 0 spiro atoms. The average molecular weight is 310 g/mol. The first-order valence-corrected chi connectivity index (χ1v) is 4.27. The summed E-state index contributed by atoms with van der Waals surface area (Å²) < 4.78 is 0. The van der Waals surface area contributed by atoms with Crippen LogP contribution in [0, 0.1) is 14.9 Å². The third-order valence-electron chi connectivity index (χ3n) is 1.51. The van der Waals surface area contributed by atoms with Gasteiger partial charge in [0.25, 0.3) is 0 Å². The van der Waals surface area contributed by atoms with Gasteiger partial charge in [0.1, 0.15) is 11.5 Å². The Morgan fingerprint density at radius 1 is 0.529 bits per heavy atom. The average Bonchev–Trinajstić information content (AvgIpc) is 2.21. The maximum absolute atomic E-state index is 8.63. The van der Waals surface area contributed by atoms with Crippen molar-refractivity contribution in [2.75, 3.05) is 0 Å². The Bertz CT molecular complexity index is 312. The molecule has 0 heterocycles.